The van der Waals surface area contributed by atoms with E-state index in [4.69, 9.17) is 5.73 Å². The van der Waals surface area contributed by atoms with Gasteiger partial charge in [-0.25, -0.2) is 4.39 Å². The van der Waals surface area contributed by atoms with Crippen LogP contribution in [0.25, 0.3) is 0 Å². The van der Waals surface area contributed by atoms with Gasteiger partial charge in [-0.05, 0) is 25.0 Å². The maximum atomic E-state index is 13.2. The van der Waals surface area contributed by atoms with Crippen LogP contribution in [-0.2, 0) is 4.79 Å². The second-order valence-corrected chi connectivity index (χ2v) is 5.60. The smallest absolute Gasteiger partial charge is 0.223 e. The average Bonchev–Trinajstić information content (AvgIpc) is 2.94. The number of Topliss-reactive ketones (excluding diaryl/α,β-unsaturated/α-hetero) is 1. The summed E-state index contributed by atoms with van der Waals surface area (Å²) in [5.74, 6) is -1.15. The predicted molar refractivity (Wildman–Crippen MR) is 78.3 cm³/mol. The number of carbonyl (C=O) groups excluding carboxylic acids is 2. The van der Waals surface area contributed by atoms with E-state index in [0.717, 1.165) is 12.8 Å². The Morgan fingerprint density at radius 2 is 2.24 bits per heavy atom. The molecule has 0 aliphatic carbocycles. The van der Waals surface area contributed by atoms with Crippen LogP contribution < -0.4 is 5.73 Å². The van der Waals surface area contributed by atoms with Crippen molar-refractivity contribution >= 4 is 11.7 Å². The summed E-state index contributed by atoms with van der Waals surface area (Å²) in [6.45, 7) is 2.87. The summed E-state index contributed by atoms with van der Waals surface area (Å²) in [6.07, 6.45) is 2.03. The van der Waals surface area contributed by atoms with Crippen LogP contribution in [0.15, 0.2) is 24.3 Å². The number of halogens is 1. The first-order valence-electron chi connectivity index (χ1n) is 7.32. The van der Waals surface area contributed by atoms with Gasteiger partial charge in [0.2, 0.25) is 5.91 Å². The molecule has 0 radical (unpaired) electrons. The molecule has 4 nitrogen and oxygen atoms in total. The van der Waals surface area contributed by atoms with Crippen LogP contribution in [0, 0.1) is 11.7 Å². The van der Waals surface area contributed by atoms with Crippen LogP contribution in [0.1, 0.15) is 36.5 Å². The molecule has 0 bridgehead atoms. The standard InChI is InChI=1S/C16H21FN2O2/c1-11(16(21)12-4-2-5-13(17)9-12)8-15(20)19-7-3-6-14(19)10-18/h2,4-5,9,11,14H,3,6-8,10,18H2,1H3. The number of benzene rings is 1. The van der Waals surface area contributed by atoms with Crippen molar-refractivity contribution in [3.8, 4) is 0 Å². The van der Waals surface area contributed by atoms with Gasteiger partial charge < -0.3 is 10.6 Å². The van der Waals surface area contributed by atoms with Crippen LogP contribution in [-0.4, -0.2) is 35.7 Å². The van der Waals surface area contributed by atoms with E-state index in [1.165, 1.54) is 18.2 Å². The Kier molecular flexibility index (Phi) is 5.07. The zero-order valence-electron chi connectivity index (χ0n) is 12.2. The van der Waals surface area contributed by atoms with E-state index in [1.54, 1.807) is 17.9 Å². The first-order chi connectivity index (χ1) is 10.0. The molecule has 2 atom stereocenters. The van der Waals surface area contributed by atoms with E-state index in [-0.39, 0.29) is 24.2 Å². The van der Waals surface area contributed by atoms with Gasteiger partial charge in [0.1, 0.15) is 5.82 Å². The van der Waals surface area contributed by atoms with Crippen molar-refractivity contribution < 1.29 is 14.0 Å². The molecule has 0 aromatic heterocycles. The normalized spacial score (nSPS) is 19.6. The summed E-state index contributed by atoms with van der Waals surface area (Å²) in [7, 11) is 0. The van der Waals surface area contributed by atoms with Gasteiger partial charge in [0.15, 0.2) is 5.78 Å². The van der Waals surface area contributed by atoms with Gasteiger partial charge >= 0.3 is 0 Å². The van der Waals surface area contributed by atoms with Gasteiger partial charge in [0.05, 0.1) is 0 Å². The molecule has 2 unspecified atom stereocenters. The molecule has 2 rings (SSSR count). The molecule has 1 aromatic carbocycles. The third kappa shape index (κ3) is 3.67. The highest BCUT2D eigenvalue weighted by atomic mass is 19.1. The largest absolute Gasteiger partial charge is 0.338 e. The molecule has 1 fully saturated rings. The highest BCUT2D eigenvalue weighted by molar-refractivity contribution is 5.99. The fraction of sp³-hybridized carbons (Fsp3) is 0.500. The number of amides is 1. The van der Waals surface area contributed by atoms with E-state index in [9.17, 15) is 14.0 Å². The fourth-order valence-electron chi connectivity index (χ4n) is 2.81. The first kappa shape index (κ1) is 15.6. The topological polar surface area (TPSA) is 63.4 Å². The van der Waals surface area contributed by atoms with E-state index < -0.39 is 11.7 Å². The lowest BCUT2D eigenvalue weighted by atomic mass is 9.95. The summed E-state index contributed by atoms with van der Waals surface area (Å²) < 4.78 is 13.2. The Labute approximate surface area is 124 Å². The van der Waals surface area contributed by atoms with Crippen LogP contribution in [0.4, 0.5) is 4.39 Å². The fourth-order valence-corrected chi connectivity index (χ4v) is 2.81. The van der Waals surface area contributed by atoms with Gasteiger partial charge in [-0.1, -0.05) is 19.1 Å². The van der Waals surface area contributed by atoms with Crippen molar-refractivity contribution in [1.29, 1.82) is 0 Å². The summed E-state index contributed by atoms with van der Waals surface area (Å²) >= 11 is 0. The van der Waals surface area contributed by atoms with Crippen molar-refractivity contribution in [3.05, 3.63) is 35.6 Å². The molecule has 21 heavy (non-hydrogen) atoms. The molecular weight excluding hydrogens is 271 g/mol. The lowest BCUT2D eigenvalue weighted by Crippen LogP contribution is -2.40. The van der Waals surface area contributed by atoms with Crippen LogP contribution >= 0.6 is 0 Å². The molecule has 2 N–H and O–H groups in total. The molecule has 1 amide bonds. The SMILES string of the molecule is CC(CC(=O)N1CCCC1CN)C(=O)c1cccc(F)c1. The number of nitrogens with two attached hydrogens (primary N) is 1. The Hall–Kier alpha value is -1.75. The molecule has 1 aliphatic heterocycles. The van der Waals surface area contributed by atoms with Crippen molar-refractivity contribution in [2.75, 3.05) is 13.1 Å². The van der Waals surface area contributed by atoms with Crippen LogP contribution in [0.3, 0.4) is 0 Å². The molecule has 1 saturated heterocycles. The minimum atomic E-state index is -0.460. The molecule has 1 heterocycles. The van der Waals surface area contributed by atoms with E-state index in [2.05, 4.69) is 0 Å². The Bertz CT molecular complexity index is 533. The monoisotopic (exact) mass is 292 g/mol. The van der Waals surface area contributed by atoms with Crippen LogP contribution in [0.5, 0.6) is 0 Å². The molecule has 1 aliphatic rings. The van der Waals surface area contributed by atoms with Crippen molar-refractivity contribution in [2.45, 2.75) is 32.2 Å². The summed E-state index contributed by atoms with van der Waals surface area (Å²) in [5.41, 5.74) is 5.97. The molecule has 0 spiro atoms. The minimum absolute atomic E-state index is 0.0415. The molecule has 0 saturated carbocycles. The zero-order valence-corrected chi connectivity index (χ0v) is 12.2. The van der Waals surface area contributed by atoms with Gasteiger partial charge in [0.25, 0.3) is 0 Å². The minimum Gasteiger partial charge on any atom is -0.338 e. The number of hydrogen-bond acceptors (Lipinski definition) is 3. The second kappa shape index (κ2) is 6.80. The number of ketones is 1. The van der Waals surface area contributed by atoms with Crippen molar-refractivity contribution in [2.24, 2.45) is 11.7 Å². The number of rotatable bonds is 5. The van der Waals surface area contributed by atoms with Crippen molar-refractivity contribution in [3.63, 3.8) is 0 Å². The summed E-state index contributed by atoms with van der Waals surface area (Å²) in [5, 5.41) is 0. The van der Waals surface area contributed by atoms with E-state index in [0.29, 0.717) is 18.7 Å². The second-order valence-electron chi connectivity index (χ2n) is 5.60. The third-order valence-corrected chi connectivity index (χ3v) is 4.01. The maximum Gasteiger partial charge on any atom is 0.223 e. The first-order valence-corrected chi connectivity index (χ1v) is 7.32. The lowest BCUT2D eigenvalue weighted by molar-refractivity contribution is -0.132. The quantitative estimate of drug-likeness (QED) is 0.844. The molecule has 114 valence electrons. The summed E-state index contributed by atoms with van der Waals surface area (Å²) in [6, 6.07) is 5.67. The average molecular weight is 292 g/mol. The maximum absolute atomic E-state index is 13.2. The van der Waals surface area contributed by atoms with E-state index >= 15 is 0 Å². The van der Waals surface area contributed by atoms with Gasteiger partial charge in [-0.3, -0.25) is 9.59 Å². The number of carbonyl (C=O) groups is 2. The highest BCUT2D eigenvalue weighted by Crippen LogP contribution is 2.20. The highest BCUT2D eigenvalue weighted by Gasteiger charge is 2.29. The Morgan fingerprint density at radius 3 is 2.90 bits per heavy atom. The summed E-state index contributed by atoms with van der Waals surface area (Å²) in [4.78, 5) is 26.3. The number of nitrogens with zero attached hydrogens (tertiary/aromatic N) is 1. The van der Waals surface area contributed by atoms with E-state index in [1.807, 2.05) is 0 Å². The molecule has 5 heteroatoms. The zero-order chi connectivity index (χ0) is 15.4. The number of likely N-dealkylation sites (tertiary alicyclic amines) is 1. The van der Waals surface area contributed by atoms with Gasteiger partial charge in [-0.15, -0.1) is 0 Å². The third-order valence-electron chi connectivity index (χ3n) is 4.01. The Balaban J connectivity index is 1.99. The van der Waals surface area contributed by atoms with Crippen molar-refractivity contribution in [1.82, 2.24) is 4.90 Å². The predicted octanol–water partition coefficient (Wildman–Crippen LogP) is 1.98. The van der Waals surface area contributed by atoms with Crippen LogP contribution in [0.2, 0.25) is 0 Å². The lowest BCUT2D eigenvalue weighted by Gasteiger charge is -2.24. The molecule has 1 aromatic rings. The van der Waals surface area contributed by atoms with Gasteiger partial charge in [-0.2, -0.15) is 0 Å². The Morgan fingerprint density at radius 1 is 1.48 bits per heavy atom. The van der Waals surface area contributed by atoms with Gasteiger partial charge in [0, 0.05) is 37.0 Å². The molecular formula is C16H21FN2O2. The number of hydrogen-bond donors (Lipinski definition) is 1.